The van der Waals surface area contributed by atoms with Crippen molar-refractivity contribution in [2.24, 2.45) is 0 Å². The van der Waals surface area contributed by atoms with Gasteiger partial charge in [0.2, 0.25) is 0 Å². The maximum Gasteiger partial charge on any atom is 0.186 e. The second-order valence-corrected chi connectivity index (χ2v) is 5.13. The average Bonchev–Trinajstić information content (AvgIpc) is 2.94. The molecule has 5 nitrogen and oxygen atoms in total. The fourth-order valence-electron chi connectivity index (χ4n) is 2.92. The summed E-state index contributed by atoms with van der Waals surface area (Å²) in [6.45, 7) is 2.86. The van der Waals surface area contributed by atoms with E-state index in [4.69, 9.17) is 14.2 Å². The van der Waals surface area contributed by atoms with Gasteiger partial charge in [0.15, 0.2) is 5.79 Å². The number of hydrogen-bond donors (Lipinski definition) is 0. The fraction of sp³-hybridized carbons (Fsp3) is 0.533. The van der Waals surface area contributed by atoms with Gasteiger partial charge in [0.05, 0.1) is 38.1 Å². The zero-order chi connectivity index (χ0) is 14.0. The minimum Gasteiger partial charge on any atom is -0.497 e. The topological polar surface area (TPSA) is 54.7 Å². The van der Waals surface area contributed by atoms with E-state index >= 15 is 0 Å². The van der Waals surface area contributed by atoms with Gasteiger partial charge in [-0.05, 0) is 18.6 Å². The van der Waals surface area contributed by atoms with Crippen molar-refractivity contribution >= 4 is 5.69 Å². The highest BCUT2D eigenvalue weighted by atomic mass is 16.7. The number of ether oxygens (including phenoxy) is 3. The summed E-state index contributed by atoms with van der Waals surface area (Å²) < 4.78 is 16.8. The molecule has 20 heavy (non-hydrogen) atoms. The summed E-state index contributed by atoms with van der Waals surface area (Å²) in [5, 5.41) is 9.29. The van der Waals surface area contributed by atoms with Crippen LogP contribution in [0.5, 0.6) is 5.75 Å². The number of rotatable bonds is 2. The highest BCUT2D eigenvalue weighted by Crippen LogP contribution is 2.35. The molecule has 2 fully saturated rings. The van der Waals surface area contributed by atoms with Crippen LogP contribution in [0.2, 0.25) is 0 Å². The third-order valence-electron chi connectivity index (χ3n) is 3.90. The predicted octanol–water partition coefficient (Wildman–Crippen LogP) is 1.91. The number of piperidine rings is 1. The summed E-state index contributed by atoms with van der Waals surface area (Å²) >= 11 is 0. The molecule has 1 aromatic carbocycles. The van der Waals surface area contributed by atoms with Crippen molar-refractivity contribution < 1.29 is 14.2 Å². The van der Waals surface area contributed by atoms with Crippen molar-refractivity contribution in [2.75, 3.05) is 38.3 Å². The zero-order valence-corrected chi connectivity index (χ0v) is 11.6. The number of anilines is 1. The van der Waals surface area contributed by atoms with Gasteiger partial charge >= 0.3 is 0 Å². The molecule has 0 atom stereocenters. The highest BCUT2D eigenvalue weighted by molar-refractivity contribution is 5.62. The highest BCUT2D eigenvalue weighted by Gasteiger charge is 2.41. The first-order valence-electron chi connectivity index (χ1n) is 6.87. The number of benzene rings is 1. The first-order valence-corrected chi connectivity index (χ1v) is 6.87. The molecule has 1 spiro atoms. The van der Waals surface area contributed by atoms with Gasteiger partial charge in [-0.25, -0.2) is 0 Å². The largest absolute Gasteiger partial charge is 0.497 e. The average molecular weight is 274 g/mol. The molecule has 2 heterocycles. The summed E-state index contributed by atoms with van der Waals surface area (Å²) in [5.41, 5.74) is 1.55. The van der Waals surface area contributed by atoms with Crippen molar-refractivity contribution in [1.29, 1.82) is 5.26 Å². The van der Waals surface area contributed by atoms with Crippen molar-refractivity contribution in [1.82, 2.24) is 0 Å². The molecule has 0 bridgehead atoms. The molecular weight excluding hydrogens is 256 g/mol. The van der Waals surface area contributed by atoms with E-state index in [1.165, 1.54) is 0 Å². The summed E-state index contributed by atoms with van der Waals surface area (Å²) in [6.07, 6.45) is 1.90. The second-order valence-electron chi connectivity index (χ2n) is 5.13. The van der Waals surface area contributed by atoms with Crippen LogP contribution in [0, 0.1) is 11.3 Å². The van der Waals surface area contributed by atoms with Crippen LogP contribution in [0.25, 0.3) is 0 Å². The Morgan fingerprint density at radius 3 is 2.85 bits per heavy atom. The van der Waals surface area contributed by atoms with E-state index in [0.717, 1.165) is 30.8 Å². The van der Waals surface area contributed by atoms with Crippen LogP contribution in [0.15, 0.2) is 18.2 Å². The van der Waals surface area contributed by atoms with Crippen molar-refractivity contribution in [3.8, 4) is 11.8 Å². The number of methoxy groups -OCH3 is 1. The van der Waals surface area contributed by atoms with E-state index in [1.807, 2.05) is 12.1 Å². The lowest BCUT2D eigenvalue weighted by Crippen LogP contribution is -2.49. The van der Waals surface area contributed by atoms with E-state index in [1.54, 1.807) is 13.2 Å². The molecule has 2 aliphatic heterocycles. The van der Waals surface area contributed by atoms with Crippen LogP contribution >= 0.6 is 0 Å². The lowest BCUT2D eigenvalue weighted by atomic mass is 10.0. The smallest absolute Gasteiger partial charge is 0.186 e. The maximum absolute atomic E-state index is 9.29. The van der Waals surface area contributed by atoms with E-state index < -0.39 is 5.79 Å². The minimum absolute atomic E-state index is 0.492. The van der Waals surface area contributed by atoms with Gasteiger partial charge in [-0.3, -0.25) is 0 Å². The number of nitrogens with zero attached hydrogens (tertiary/aromatic N) is 2. The van der Waals surface area contributed by atoms with E-state index in [0.29, 0.717) is 25.3 Å². The Hall–Kier alpha value is -1.77. The lowest BCUT2D eigenvalue weighted by molar-refractivity contribution is -0.161. The Bertz CT molecular complexity index is 532. The molecular formula is C15H18N2O3. The number of nitriles is 1. The van der Waals surface area contributed by atoms with Crippen LogP contribution in [0.1, 0.15) is 18.4 Å². The summed E-state index contributed by atoms with van der Waals surface area (Å²) in [7, 11) is 1.63. The third kappa shape index (κ3) is 2.33. The number of hydrogen-bond acceptors (Lipinski definition) is 5. The maximum atomic E-state index is 9.29. The monoisotopic (exact) mass is 274 g/mol. The molecule has 0 N–H and O–H groups in total. The molecule has 2 saturated heterocycles. The Kier molecular flexibility index (Phi) is 3.51. The van der Waals surface area contributed by atoms with Crippen molar-refractivity contribution in [3.63, 3.8) is 0 Å². The fourth-order valence-corrected chi connectivity index (χ4v) is 2.92. The van der Waals surface area contributed by atoms with Crippen LogP contribution < -0.4 is 9.64 Å². The first kappa shape index (κ1) is 13.2. The molecule has 0 amide bonds. The summed E-state index contributed by atoms with van der Waals surface area (Å²) in [6, 6.07) is 7.76. The molecule has 0 radical (unpaired) electrons. The molecule has 3 rings (SSSR count). The molecule has 2 aliphatic rings. The first-order chi connectivity index (χ1) is 9.76. The Morgan fingerprint density at radius 2 is 2.15 bits per heavy atom. The summed E-state index contributed by atoms with van der Waals surface area (Å²) in [4.78, 5) is 2.16. The Balaban J connectivity index is 1.90. The van der Waals surface area contributed by atoms with Gasteiger partial charge in [-0.1, -0.05) is 0 Å². The van der Waals surface area contributed by atoms with Crippen LogP contribution in [0.4, 0.5) is 5.69 Å². The lowest BCUT2D eigenvalue weighted by Gasteiger charge is -2.40. The van der Waals surface area contributed by atoms with E-state index in [9.17, 15) is 5.26 Å². The van der Waals surface area contributed by atoms with Gasteiger partial charge in [-0.2, -0.15) is 5.26 Å². The minimum atomic E-state index is -0.492. The van der Waals surface area contributed by atoms with Crippen LogP contribution in [-0.4, -0.2) is 39.2 Å². The van der Waals surface area contributed by atoms with Gasteiger partial charge in [-0.15, -0.1) is 0 Å². The van der Waals surface area contributed by atoms with E-state index in [-0.39, 0.29) is 0 Å². The van der Waals surface area contributed by atoms with Crippen molar-refractivity contribution in [2.45, 2.75) is 18.6 Å². The molecule has 106 valence electrons. The molecule has 0 aliphatic carbocycles. The Morgan fingerprint density at radius 1 is 1.35 bits per heavy atom. The molecule has 5 heteroatoms. The Labute approximate surface area is 118 Å². The molecule has 0 aromatic heterocycles. The third-order valence-corrected chi connectivity index (χ3v) is 3.90. The normalized spacial score (nSPS) is 20.9. The SMILES string of the molecule is COc1ccc(C#N)c(N2CCCC3(C2)OCCO3)c1. The zero-order valence-electron chi connectivity index (χ0n) is 11.6. The van der Waals surface area contributed by atoms with E-state index in [2.05, 4.69) is 11.0 Å². The predicted molar refractivity (Wildman–Crippen MR) is 73.8 cm³/mol. The molecule has 0 unspecified atom stereocenters. The standard InChI is InChI=1S/C15H18N2O3/c1-18-13-4-3-12(10-16)14(9-13)17-6-2-5-15(11-17)19-7-8-20-15/h3-4,9H,2,5-8,11H2,1H3. The summed E-state index contributed by atoms with van der Waals surface area (Å²) in [5.74, 6) is 0.264. The molecule has 1 aromatic rings. The second kappa shape index (κ2) is 5.31. The van der Waals surface area contributed by atoms with Gasteiger partial charge in [0.1, 0.15) is 11.8 Å². The van der Waals surface area contributed by atoms with Crippen molar-refractivity contribution in [3.05, 3.63) is 23.8 Å². The van der Waals surface area contributed by atoms with Gasteiger partial charge in [0.25, 0.3) is 0 Å². The van der Waals surface area contributed by atoms with Gasteiger partial charge < -0.3 is 19.1 Å². The quantitative estimate of drug-likeness (QED) is 0.824. The van der Waals surface area contributed by atoms with Gasteiger partial charge in [0, 0.05) is 19.0 Å². The van der Waals surface area contributed by atoms with Crippen LogP contribution in [0.3, 0.4) is 0 Å². The van der Waals surface area contributed by atoms with Crippen LogP contribution in [-0.2, 0) is 9.47 Å². The molecule has 0 saturated carbocycles.